The molecule has 13 nitrogen and oxygen atoms in total. The van der Waals surface area contributed by atoms with Gasteiger partial charge in [-0.15, -0.1) is 0 Å². The van der Waals surface area contributed by atoms with Crippen molar-refractivity contribution in [2.24, 2.45) is 5.92 Å². The zero-order valence-electron chi connectivity index (χ0n) is 32.2. The minimum absolute atomic E-state index is 0.00552. The number of Topliss-reactive ketones (excluding diaryl/α,β-unsaturated/α-hetero) is 1. The number of benzene rings is 4. The molecule has 0 aliphatic carbocycles. The summed E-state index contributed by atoms with van der Waals surface area (Å²) in [5.74, 6) is -3.07. The topological polar surface area (TPSA) is 163 Å². The first-order valence-corrected chi connectivity index (χ1v) is 20.4. The van der Waals surface area contributed by atoms with E-state index in [9.17, 15) is 33.9 Å². The lowest BCUT2D eigenvalue weighted by Crippen LogP contribution is -2.68. The van der Waals surface area contributed by atoms with Gasteiger partial charge in [0.2, 0.25) is 5.91 Å². The first-order chi connectivity index (χ1) is 28.5. The summed E-state index contributed by atoms with van der Waals surface area (Å²) in [4.78, 5) is 84.7. The minimum Gasteiger partial charge on any atom is -0.457 e. The van der Waals surface area contributed by atoms with Gasteiger partial charge in [0.25, 0.3) is 0 Å². The molecule has 1 aliphatic heterocycles. The number of aliphatic hydroxyl groups excluding tert-OH is 1. The second-order valence-electron chi connectivity index (χ2n) is 13.4. The second-order valence-corrected chi connectivity index (χ2v) is 16.8. The van der Waals surface area contributed by atoms with Crippen LogP contribution in [0.15, 0.2) is 152 Å². The van der Waals surface area contributed by atoms with E-state index >= 15 is 0 Å². The van der Waals surface area contributed by atoms with E-state index in [2.05, 4.69) is 19.7 Å². The summed E-state index contributed by atoms with van der Waals surface area (Å²) in [5.41, 5.74) is -1.29. The van der Waals surface area contributed by atoms with Crippen molar-refractivity contribution in [1.82, 2.24) is 14.0 Å². The fourth-order valence-electron chi connectivity index (χ4n) is 7.36. The van der Waals surface area contributed by atoms with Crippen LogP contribution in [0.5, 0.6) is 0 Å². The highest BCUT2D eigenvalue weighted by molar-refractivity contribution is 7.96. The standard InChI is InChI=1S/C45H42N3O10P/c1-5-25-56-42(52)41(59(32-17-11-8-12-18-32,33-19-13-9-14-20-33)34-21-15-10-16-22-34)46-37(39(30(4)49)40(46)51)29-38(50)31-23-24-35-36(28-31)48(45(55)58-27-7-3)43(53)47(35)44(54)57-26-6-2/h5-24,28,30,37,39,49H,1-3,25-27,29H2,4H3/t30-,37-,39-/m1/s1. The zero-order chi connectivity index (χ0) is 42.3. The molecule has 5 aromatic rings. The summed E-state index contributed by atoms with van der Waals surface area (Å²) < 4.78 is 17.3. The van der Waals surface area contributed by atoms with Crippen molar-refractivity contribution in [3.63, 3.8) is 0 Å². The lowest BCUT2D eigenvalue weighted by atomic mass is 9.79. The van der Waals surface area contributed by atoms with Crippen LogP contribution in [0.3, 0.4) is 0 Å². The fraction of sp³-hybridized carbons (Fsp3) is 0.178. The van der Waals surface area contributed by atoms with Gasteiger partial charge in [0, 0.05) is 18.9 Å². The van der Waals surface area contributed by atoms with Crippen molar-refractivity contribution in [3.8, 4) is 0 Å². The molecular formula is C45H42N3O10P. The Morgan fingerprint density at radius 2 is 1.15 bits per heavy atom. The van der Waals surface area contributed by atoms with Crippen molar-refractivity contribution in [2.45, 2.75) is 25.5 Å². The number of ether oxygens (including phenoxy) is 3. The van der Waals surface area contributed by atoms with Crippen LogP contribution in [-0.2, 0) is 23.8 Å². The van der Waals surface area contributed by atoms with Gasteiger partial charge in [0.1, 0.15) is 25.2 Å². The molecule has 0 radical (unpaired) electrons. The third-order valence-electron chi connectivity index (χ3n) is 9.85. The van der Waals surface area contributed by atoms with Gasteiger partial charge in [-0.2, -0.15) is 9.13 Å². The van der Waals surface area contributed by atoms with Gasteiger partial charge in [0.05, 0.1) is 29.1 Å². The maximum atomic E-state index is 14.8. The molecule has 1 fully saturated rings. The van der Waals surface area contributed by atoms with Crippen LogP contribution in [0.1, 0.15) is 23.7 Å². The Hall–Kier alpha value is -6.82. The van der Waals surface area contributed by atoms with Crippen LogP contribution < -0.4 is 21.6 Å². The molecular weight excluding hydrogens is 773 g/mol. The number of fused-ring (bicyclic) bond motifs is 1. The highest BCUT2D eigenvalue weighted by Crippen LogP contribution is 2.50. The quantitative estimate of drug-likeness (QED) is 0.0389. The van der Waals surface area contributed by atoms with Crippen molar-refractivity contribution in [3.05, 3.63) is 163 Å². The number of nitrogens with zero attached hydrogens (tertiary/aromatic N) is 3. The summed E-state index contributed by atoms with van der Waals surface area (Å²) in [6.45, 7) is 8.17. The summed E-state index contributed by atoms with van der Waals surface area (Å²) in [6, 6.07) is 30.8. The van der Waals surface area contributed by atoms with E-state index in [-0.39, 0.29) is 41.8 Å². The molecule has 4 aromatic carbocycles. The Balaban J connectivity index is 1.57. The maximum absolute atomic E-state index is 14.8. The van der Waals surface area contributed by atoms with Crippen LogP contribution in [0, 0.1) is 5.92 Å². The molecule has 302 valence electrons. The third kappa shape index (κ3) is 7.77. The van der Waals surface area contributed by atoms with E-state index in [0.29, 0.717) is 9.13 Å². The molecule has 3 atom stereocenters. The van der Waals surface area contributed by atoms with Crippen molar-refractivity contribution < 1.29 is 43.3 Å². The van der Waals surface area contributed by atoms with E-state index < -0.39 is 66.9 Å². The molecule has 1 saturated heterocycles. The number of amides is 1. The molecule has 0 saturated carbocycles. The Morgan fingerprint density at radius 1 is 0.695 bits per heavy atom. The summed E-state index contributed by atoms with van der Waals surface area (Å²) in [7, 11) is 0. The van der Waals surface area contributed by atoms with Crippen LogP contribution >= 0.6 is 6.89 Å². The number of aliphatic hydroxyl groups is 1. The molecule has 1 aromatic heterocycles. The predicted octanol–water partition coefficient (Wildman–Crippen LogP) is 4.78. The van der Waals surface area contributed by atoms with E-state index in [1.165, 1.54) is 48.3 Å². The number of hydrogen-bond acceptors (Lipinski definition) is 10. The molecule has 2 heterocycles. The molecule has 6 rings (SSSR count). The maximum Gasteiger partial charge on any atom is 0.423 e. The predicted molar refractivity (Wildman–Crippen MR) is 226 cm³/mol. The number of hydrogen-bond donors (Lipinski definition) is 1. The lowest BCUT2D eigenvalue weighted by Gasteiger charge is -2.50. The number of esters is 1. The van der Waals surface area contributed by atoms with Gasteiger partial charge in [0.15, 0.2) is 5.78 Å². The smallest absolute Gasteiger partial charge is 0.423 e. The number of β-lactam (4-membered cyclic amide) rings is 1. The largest absolute Gasteiger partial charge is 0.457 e. The Morgan fingerprint density at radius 3 is 1.61 bits per heavy atom. The molecule has 1 amide bonds. The number of ketones is 1. The Labute approximate surface area is 340 Å². The van der Waals surface area contributed by atoms with Crippen molar-refractivity contribution in [1.29, 1.82) is 0 Å². The number of imidazole rings is 1. The Bertz CT molecular complexity index is 2460. The van der Waals surface area contributed by atoms with Crippen molar-refractivity contribution in [2.75, 3.05) is 19.8 Å². The summed E-state index contributed by atoms with van der Waals surface area (Å²) in [6.07, 6.45) is 0.147. The van der Waals surface area contributed by atoms with Gasteiger partial charge in [-0.05, 0) is 41.0 Å². The monoisotopic (exact) mass is 815 g/mol. The number of carbonyl (C=O) groups excluding carboxylic acids is 5. The Kier molecular flexibility index (Phi) is 12.9. The molecule has 59 heavy (non-hydrogen) atoms. The molecule has 0 bridgehead atoms. The summed E-state index contributed by atoms with van der Waals surface area (Å²) in [5, 5.41) is 13.2. The number of carbonyl (C=O) groups is 5. The van der Waals surface area contributed by atoms with E-state index in [1.54, 1.807) is 0 Å². The molecule has 0 spiro atoms. The summed E-state index contributed by atoms with van der Waals surface area (Å²) >= 11 is 0. The average molecular weight is 816 g/mol. The van der Waals surface area contributed by atoms with Gasteiger partial charge in [-0.3, -0.25) is 9.59 Å². The van der Waals surface area contributed by atoms with Crippen LogP contribution in [0.4, 0.5) is 9.59 Å². The normalized spacial score (nSPS) is 15.4. The fourth-order valence-corrected chi connectivity index (χ4v) is 11.8. The highest BCUT2D eigenvalue weighted by Gasteiger charge is 2.55. The average Bonchev–Trinajstić information content (AvgIpc) is 3.55. The van der Waals surface area contributed by atoms with Crippen LogP contribution in [-0.4, -0.2) is 86.4 Å². The minimum atomic E-state index is -3.34. The zero-order valence-corrected chi connectivity index (χ0v) is 33.1. The molecule has 1 N–H and O–H groups in total. The van der Waals surface area contributed by atoms with Crippen LogP contribution in [0.2, 0.25) is 0 Å². The van der Waals surface area contributed by atoms with Gasteiger partial charge >= 0.3 is 23.8 Å². The van der Waals surface area contributed by atoms with Gasteiger partial charge < -0.3 is 24.2 Å². The molecule has 1 aliphatic rings. The molecule has 14 heteroatoms. The first-order valence-electron chi connectivity index (χ1n) is 18.6. The lowest BCUT2D eigenvalue weighted by molar-refractivity contribution is -0.157. The highest BCUT2D eigenvalue weighted by atomic mass is 31.2. The number of rotatable bonds is 15. The van der Waals surface area contributed by atoms with E-state index in [0.717, 1.165) is 15.9 Å². The van der Waals surface area contributed by atoms with E-state index in [4.69, 9.17) is 14.2 Å². The van der Waals surface area contributed by atoms with Crippen LogP contribution in [0.25, 0.3) is 11.0 Å². The second kappa shape index (κ2) is 18.2. The first kappa shape index (κ1) is 41.8. The van der Waals surface area contributed by atoms with Gasteiger partial charge in [-0.25, -0.2) is 19.2 Å². The van der Waals surface area contributed by atoms with E-state index in [1.807, 2.05) is 91.0 Å². The van der Waals surface area contributed by atoms with Gasteiger partial charge in [-0.1, -0.05) is 129 Å². The molecule has 0 unspecified atom stereocenters. The SMILES string of the molecule is C=CCOC(=O)C(N1C(=O)[C@H]([C@@H](C)O)[C@H]1CC(=O)c1ccc2c(c1)n(C(=O)OCC=C)c(=O)n2C(=O)OCC=C)=P(c1ccccc1)(c1ccccc1)c1ccccc1. The van der Waals surface area contributed by atoms with Crippen molar-refractivity contribution >= 4 is 69.1 Å². The third-order valence-corrected chi connectivity index (χ3v) is 14.1. The number of aromatic nitrogens is 2. The number of likely N-dealkylation sites (tertiary alicyclic amines) is 1.